The van der Waals surface area contributed by atoms with Crippen LogP contribution >= 0.6 is 11.3 Å². The molecular weight excluding hydrogens is 511 g/mol. The van der Waals surface area contributed by atoms with Crippen LogP contribution < -0.4 is 15.5 Å². The number of nitrogens with one attached hydrogen (secondary N) is 1. The third-order valence-corrected chi connectivity index (χ3v) is 8.05. The SMILES string of the molecule is COC(=O)c1cn(C2CC2)c2c(OC)c(-c3cc4c(s3)CCCC4NC(=O)OC(C)(C)C)c(F)cc2c1=O. The maximum Gasteiger partial charge on any atom is 0.408 e. The van der Waals surface area contributed by atoms with E-state index in [4.69, 9.17) is 14.2 Å². The average molecular weight is 543 g/mol. The molecule has 2 aromatic heterocycles. The third kappa shape index (κ3) is 4.77. The second-order valence-electron chi connectivity index (χ2n) is 10.7. The first-order valence-corrected chi connectivity index (χ1v) is 13.5. The van der Waals surface area contributed by atoms with Crippen LogP contribution in [0.15, 0.2) is 23.1 Å². The molecule has 1 fully saturated rings. The number of benzene rings is 1. The molecule has 2 aliphatic rings. The van der Waals surface area contributed by atoms with E-state index in [0.717, 1.165) is 42.5 Å². The molecule has 1 N–H and O–H groups in total. The quantitative estimate of drug-likeness (QED) is 0.403. The molecule has 0 bridgehead atoms. The topological polar surface area (TPSA) is 95.9 Å². The van der Waals surface area contributed by atoms with E-state index in [2.05, 4.69) is 5.32 Å². The van der Waals surface area contributed by atoms with Gasteiger partial charge in [-0.1, -0.05) is 0 Å². The molecule has 2 heterocycles. The molecule has 0 aliphatic heterocycles. The van der Waals surface area contributed by atoms with Crippen molar-refractivity contribution in [2.75, 3.05) is 14.2 Å². The molecule has 3 aromatic rings. The summed E-state index contributed by atoms with van der Waals surface area (Å²) in [7, 11) is 2.66. The number of amides is 1. The van der Waals surface area contributed by atoms with E-state index in [1.807, 2.05) is 31.4 Å². The minimum atomic E-state index is -0.760. The van der Waals surface area contributed by atoms with Gasteiger partial charge in [0.2, 0.25) is 5.43 Å². The number of esters is 1. The number of alkyl carbamates (subject to hydrolysis) is 1. The Morgan fingerprint density at radius 3 is 2.53 bits per heavy atom. The van der Waals surface area contributed by atoms with Crippen molar-refractivity contribution < 1.29 is 28.2 Å². The van der Waals surface area contributed by atoms with Gasteiger partial charge in [-0.15, -0.1) is 11.3 Å². The molecule has 1 aromatic carbocycles. The summed E-state index contributed by atoms with van der Waals surface area (Å²) in [6.07, 6.45) is 5.20. The number of hydrogen-bond donors (Lipinski definition) is 1. The van der Waals surface area contributed by atoms with Crippen molar-refractivity contribution in [2.45, 2.75) is 70.6 Å². The number of rotatable bonds is 5. The van der Waals surface area contributed by atoms with Gasteiger partial charge in [0.25, 0.3) is 0 Å². The second-order valence-corrected chi connectivity index (χ2v) is 11.9. The summed E-state index contributed by atoms with van der Waals surface area (Å²) in [5.74, 6) is -1.13. The predicted octanol–water partition coefficient (Wildman–Crippen LogP) is 5.90. The Kier molecular flexibility index (Phi) is 6.71. The maximum atomic E-state index is 15.8. The number of hydrogen-bond acceptors (Lipinski definition) is 7. The molecule has 202 valence electrons. The number of aromatic nitrogens is 1. The molecule has 1 saturated carbocycles. The molecule has 1 unspecified atom stereocenters. The fourth-order valence-corrected chi connectivity index (χ4v) is 6.36. The van der Waals surface area contributed by atoms with E-state index >= 15 is 4.39 Å². The Morgan fingerprint density at radius 2 is 1.89 bits per heavy atom. The fourth-order valence-electron chi connectivity index (χ4n) is 5.06. The number of pyridine rings is 1. The zero-order valence-corrected chi connectivity index (χ0v) is 22.9. The van der Waals surface area contributed by atoms with Crippen LogP contribution in [0.5, 0.6) is 5.75 Å². The highest BCUT2D eigenvalue weighted by atomic mass is 32.1. The lowest BCUT2D eigenvalue weighted by atomic mass is 9.93. The highest BCUT2D eigenvalue weighted by Crippen LogP contribution is 2.47. The standard InChI is InChI=1S/C28H31FN2O6S/c1-28(2,3)37-27(34)30-19-7-6-8-20-15(19)12-21(38-20)22-18(29)11-16-23(25(22)35-4)31(14-9-10-14)13-17(24(16)32)26(33)36-5/h11-14,19H,6-10H2,1-5H3,(H,30,34). The summed E-state index contributed by atoms with van der Waals surface area (Å²) in [6.45, 7) is 5.43. The van der Waals surface area contributed by atoms with E-state index in [9.17, 15) is 14.4 Å². The first-order valence-electron chi connectivity index (χ1n) is 12.7. The van der Waals surface area contributed by atoms with Crippen LogP contribution in [-0.2, 0) is 15.9 Å². The number of methoxy groups -OCH3 is 2. The largest absolute Gasteiger partial charge is 0.494 e. The zero-order valence-electron chi connectivity index (χ0n) is 22.1. The van der Waals surface area contributed by atoms with Crippen molar-refractivity contribution in [1.82, 2.24) is 9.88 Å². The molecule has 5 rings (SSSR count). The molecule has 8 nitrogen and oxygen atoms in total. The maximum absolute atomic E-state index is 15.8. The van der Waals surface area contributed by atoms with Gasteiger partial charge < -0.3 is 24.1 Å². The highest BCUT2D eigenvalue weighted by Gasteiger charge is 2.32. The van der Waals surface area contributed by atoms with Gasteiger partial charge in [-0.05, 0) is 70.6 Å². The van der Waals surface area contributed by atoms with Crippen LogP contribution in [0.2, 0.25) is 0 Å². The fraction of sp³-hybridized carbons (Fsp3) is 0.464. The van der Waals surface area contributed by atoms with Gasteiger partial charge in [-0.2, -0.15) is 0 Å². The molecular formula is C28H31FN2O6S. The number of carbonyl (C=O) groups is 2. The molecule has 10 heteroatoms. The van der Waals surface area contributed by atoms with E-state index < -0.39 is 28.9 Å². The Balaban J connectivity index is 1.64. The number of ether oxygens (including phenoxy) is 3. The van der Waals surface area contributed by atoms with Gasteiger partial charge >= 0.3 is 12.1 Å². The molecule has 1 atom stereocenters. The number of thiophene rings is 1. The van der Waals surface area contributed by atoms with Crippen LogP contribution in [0.3, 0.4) is 0 Å². The van der Waals surface area contributed by atoms with Crippen LogP contribution in [0.4, 0.5) is 9.18 Å². The van der Waals surface area contributed by atoms with E-state index in [1.165, 1.54) is 37.8 Å². The summed E-state index contributed by atoms with van der Waals surface area (Å²) < 4.78 is 33.7. The first kappa shape index (κ1) is 26.2. The molecule has 38 heavy (non-hydrogen) atoms. The summed E-state index contributed by atoms with van der Waals surface area (Å²) in [5, 5.41) is 3.04. The van der Waals surface area contributed by atoms with E-state index in [1.54, 1.807) is 0 Å². The second kappa shape index (κ2) is 9.72. The normalized spacial score (nSPS) is 17.2. The Hall–Kier alpha value is -3.40. The lowest BCUT2D eigenvalue weighted by molar-refractivity contribution is 0.0498. The van der Waals surface area contributed by atoms with Crippen molar-refractivity contribution in [1.29, 1.82) is 0 Å². The lowest BCUT2D eigenvalue weighted by Crippen LogP contribution is -2.35. The number of carbonyl (C=O) groups excluding carboxylic acids is 2. The molecule has 0 saturated heterocycles. The van der Waals surface area contributed by atoms with Gasteiger partial charge in [0.1, 0.15) is 17.0 Å². The molecule has 2 aliphatic carbocycles. The smallest absolute Gasteiger partial charge is 0.408 e. The average Bonchev–Trinajstić information content (AvgIpc) is 3.60. The Labute approximate surface area is 223 Å². The van der Waals surface area contributed by atoms with Crippen LogP contribution in [0, 0.1) is 5.82 Å². The van der Waals surface area contributed by atoms with Crippen molar-refractivity contribution >= 4 is 34.3 Å². The first-order chi connectivity index (χ1) is 18.0. The molecule has 1 amide bonds. The third-order valence-electron chi connectivity index (χ3n) is 6.82. The number of aryl methyl sites for hydroxylation is 1. The Morgan fingerprint density at radius 1 is 1.16 bits per heavy atom. The number of halogens is 1. The van der Waals surface area contributed by atoms with Gasteiger partial charge in [0.15, 0.2) is 5.75 Å². The predicted molar refractivity (Wildman–Crippen MR) is 143 cm³/mol. The van der Waals surface area contributed by atoms with Crippen molar-refractivity contribution in [3.05, 3.63) is 50.4 Å². The monoisotopic (exact) mass is 542 g/mol. The summed E-state index contributed by atoms with van der Waals surface area (Å²) in [4.78, 5) is 39.7. The van der Waals surface area contributed by atoms with Crippen molar-refractivity contribution in [3.63, 3.8) is 0 Å². The highest BCUT2D eigenvalue weighted by molar-refractivity contribution is 7.15. The zero-order chi connectivity index (χ0) is 27.4. The minimum absolute atomic E-state index is 0.0729. The minimum Gasteiger partial charge on any atom is -0.494 e. The van der Waals surface area contributed by atoms with Gasteiger partial charge in [0, 0.05) is 22.0 Å². The molecule has 0 spiro atoms. The number of fused-ring (bicyclic) bond motifs is 2. The van der Waals surface area contributed by atoms with Crippen LogP contribution in [-0.4, -0.2) is 36.5 Å². The number of nitrogens with zero attached hydrogens (tertiary/aromatic N) is 1. The molecule has 0 radical (unpaired) electrons. The summed E-state index contributed by atoms with van der Waals surface area (Å²) in [6, 6.07) is 2.92. The van der Waals surface area contributed by atoms with Crippen molar-refractivity contribution in [2.24, 2.45) is 0 Å². The Bertz CT molecular complexity index is 1500. The van der Waals surface area contributed by atoms with Gasteiger partial charge in [-0.3, -0.25) is 4.79 Å². The summed E-state index contributed by atoms with van der Waals surface area (Å²) >= 11 is 1.46. The lowest BCUT2D eigenvalue weighted by Gasteiger charge is -2.26. The van der Waals surface area contributed by atoms with Crippen LogP contribution in [0.25, 0.3) is 21.3 Å². The van der Waals surface area contributed by atoms with E-state index in [0.29, 0.717) is 10.4 Å². The van der Waals surface area contributed by atoms with Crippen LogP contribution in [0.1, 0.15) is 79.3 Å². The van der Waals surface area contributed by atoms with Gasteiger partial charge in [0.05, 0.1) is 36.7 Å². The van der Waals surface area contributed by atoms with E-state index in [-0.39, 0.29) is 34.3 Å². The van der Waals surface area contributed by atoms with Crippen molar-refractivity contribution in [3.8, 4) is 16.2 Å². The van der Waals surface area contributed by atoms with Gasteiger partial charge in [-0.25, -0.2) is 14.0 Å². The summed E-state index contributed by atoms with van der Waals surface area (Å²) in [5.41, 5.74) is 0.301.